The number of carboxylic acid groups (broad SMARTS) is 1. The highest BCUT2D eigenvalue weighted by molar-refractivity contribution is 7.14. The molecule has 0 atom stereocenters. The molecule has 0 bridgehead atoms. The normalized spacial score (nSPS) is 18.3. The van der Waals surface area contributed by atoms with Crippen molar-refractivity contribution in [3.05, 3.63) is 57.3 Å². The summed E-state index contributed by atoms with van der Waals surface area (Å²) in [4.78, 5) is 27.4. The molecule has 1 saturated carbocycles. The lowest BCUT2D eigenvalue weighted by molar-refractivity contribution is -0.134. The molecule has 2 heterocycles. The van der Waals surface area contributed by atoms with Gasteiger partial charge in [-0.25, -0.2) is 4.79 Å². The first-order valence-corrected chi connectivity index (χ1v) is 9.57. The van der Waals surface area contributed by atoms with E-state index in [4.69, 9.17) is 5.11 Å². The highest BCUT2D eigenvalue weighted by Crippen LogP contribution is 2.47. The van der Waals surface area contributed by atoms with Gasteiger partial charge in [-0.3, -0.25) is 4.79 Å². The molecule has 1 aliphatic carbocycles. The second kappa shape index (κ2) is 6.30. The van der Waals surface area contributed by atoms with Crippen LogP contribution >= 0.6 is 11.3 Å². The number of rotatable bonds is 4. The molecule has 1 N–H and O–H groups in total. The molecule has 1 aromatic heterocycles. The van der Waals surface area contributed by atoms with Gasteiger partial charge in [0.1, 0.15) is 4.88 Å². The van der Waals surface area contributed by atoms with Gasteiger partial charge in [0.2, 0.25) is 5.91 Å². The van der Waals surface area contributed by atoms with Crippen LogP contribution in [0.25, 0.3) is 0 Å². The van der Waals surface area contributed by atoms with Crippen molar-refractivity contribution in [3.8, 4) is 0 Å². The number of carboxylic acids is 1. The van der Waals surface area contributed by atoms with Crippen LogP contribution in [-0.4, -0.2) is 28.4 Å². The Kier molecular flexibility index (Phi) is 4.12. The van der Waals surface area contributed by atoms with E-state index in [2.05, 4.69) is 12.1 Å². The second-order valence-electron chi connectivity index (χ2n) is 7.11. The maximum absolute atomic E-state index is 12.9. The standard InChI is InChI=1S/C20H21NO3S/c22-18(12-20(8-4-9-20)15-5-2-1-3-6-15)21-10-7-14-11-16(19(23)24)25-17(14)13-21/h1-3,5-6,11H,4,7-10,12-13H2,(H,23,24). The molecular formula is C20H21NO3S. The molecule has 4 rings (SSSR count). The molecular weight excluding hydrogens is 334 g/mol. The molecule has 1 aromatic carbocycles. The minimum Gasteiger partial charge on any atom is -0.477 e. The lowest BCUT2D eigenvalue weighted by atomic mass is 9.62. The first-order chi connectivity index (χ1) is 12.1. The Labute approximate surface area is 151 Å². The smallest absolute Gasteiger partial charge is 0.345 e. The molecule has 4 nitrogen and oxygen atoms in total. The molecule has 1 fully saturated rings. The summed E-state index contributed by atoms with van der Waals surface area (Å²) in [7, 11) is 0. The van der Waals surface area contributed by atoms with Crippen LogP contribution in [0.5, 0.6) is 0 Å². The van der Waals surface area contributed by atoms with Gasteiger partial charge >= 0.3 is 5.97 Å². The second-order valence-corrected chi connectivity index (χ2v) is 8.24. The van der Waals surface area contributed by atoms with Gasteiger partial charge in [0, 0.05) is 23.3 Å². The van der Waals surface area contributed by atoms with Crippen LogP contribution < -0.4 is 0 Å². The van der Waals surface area contributed by atoms with Crippen LogP contribution in [0.4, 0.5) is 0 Å². The maximum Gasteiger partial charge on any atom is 0.345 e. The molecule has 2 aliphatic rings. The minimum absolute atomic E-state index is 0.000293. The van der Waals surface area contributed by atoms with Gasteiger partial charge in [0.25, 0.3) is 0 Å². The van der Waals surface area contributed by atoms with E-state index in [1.54, 1.807) is 6.07 Å². The Bertz CT molecular complexity index is 808. The Morgan fingerprint density at radius 1 is 1.20 bits per heavy atom. The van der Waals surface area contributed by atoms with E-state index < -0.39 is 5.97 Å². The molecule has 0 saturated heterocycles. The van der Waals surface area contributed by atoms with E-state index in [9.17, 15) is 9.59 Å². The van der Waals surface area contributed by atoms with Gasteiger partial charge in [-0.1, -0.05) is 36.8 Å². The Morgan fingerprint density at radius 3 is 2.60 bits per heavy atom. The number of fused-ring (bicyclic) bond motifs is 1. The zero-order chi connectivity index (χ0) is 17.4. The first-order valence-electron chi connectivity index (χ1n) is 8.76. The number of nitrogens with zero attached hydrogens (tertiary/aromatic N) is 1. The molecule has 0 unspecified atom stereocenters. The number of thiophene rings is 1. The Balaban J connectivity index is 1.49. The van der Waals surface area contributed by atoms with E-state index >= 15 is 0 Å². The minimum atomic E-state index is -0.880. The summed E-state index contributed by atoms with van der Waals surface area (Å²) < 4.78 is 0. The number of carbonyl (C=O) groups is 2. The number of hydrogen-bond donors (Lipinski definition) is 1. The van der Waals surface area contributed by atoms with Gasteiger partial charge in [-0.05, 0) is 36.5 Å². The SMILES string of the molecule is O=C(O)c1cc2c(s1)CN(C(=O)CC1(c3ccccc3)CCC1)CC2. The third kappa shape index (κ3) is 2.97. The fourth-order valence-corrected chi connectivity index (χ4v) is 5.07. The van der Waals surface area contributed by atoms with Crippen molar-refractivity contribution in [3.63, 3.8) is 0 Å². The Hall–Kier alpha value is -2.14. The van der Waals surface area contributed by atoms with Crippen molar-refractivity contribution >= 4 is 23.2 Å². The van der Waals surface area contributed by atoms with Crippen molar-refractivity contribution < 1.29 is 14.7 Å². The summed E-state index contributed by atoms with van der Waals surface area (Å²) in [5.74, 6) is -0.686. The number of amides is 1. The zero-order valence-electron chi connectivity index (χ0n) is 14.0. The lowest BCUT2D eigenvalue weighted by Crippen LogP contribution is -2.43. The lowest BCUT2D eigenvalue weighted by Gasteiger charge is -2.43. The summed E-state index contributed by atoms with van der Waals surface area (Å²) >= 11 is 1.31. The van der Waals surface area contributed by atoms with Gasteiger partial charge in [0.15, 0.2) is 0 Å². The molecule has 5 heteroatoms. The van der Waals surface area contributed by atoms with Crippen LogP contribution in [0.1, 0.15) is 51.4 Å². The summed E-state index contributed by atoms with van der Waals surface area (Å²) in [6.07, 6.45) is 4.64. The van der Waals surface area contributed by atoms with Crippen molar-refractivity contribution in [1.29, 1.82) is 0 Å². The van der Waals surface area contributed by atoms with Crippen LogP contribution in [0.15, 0.2) is 36.4 Å². The Morgan fingerprint density at radius 2 is 1.96 bits per heavy atom. The van der Waals surface area contributed by atoms with E-state index in [1.807, 2.05) is 23.1 Å². The first kappa shape index (κ1) is 16.3. The van der Waals surface area contributed by atoms with E-state index in [0.29, 0.717) is 24.4 Å². The fraction of sp³-hybridized carbons (Fsp3) is 0.400. The average Bonchev–Trinajstić information content (AvgIpc) is 3.02. The van der Waals surface area contributed by atoms with Crippen molar-refractivity contribution in [2.45, 2.75) is 44.1 Å². The number of benzene rings is 1. The average molecular weight is 355 g/mol. The van der Waals surface area contributed by atoms with Gasteiger partial charge in [-0.15, -0.1) is 11.3 Å². The van der Waals surface area contributed by atoms with Crippen molar-refractivity contribution in [2.75, 3.05) is 6.54 Å². The third-order valence-corrected chi connectivity index (χ3v) is 6.78. The van der Waals surface area contributed by atoms with E-state index in [0.717, 1.165) is 29.7 Å². The number of hydrogen-bond acceptors (Lipinski definition) is 3. The van der Waals surface area contributed by atoms with Crippen molar-refractivity contribution in [2.24, 2.45) is 0 Å². The van der Waals surface area contributed by atoms with Crippen LogP contribution in [-0.2, 0) is 23.2 Å². The molecule has 130 valence electrons. The van der Waals surface area contributed by atoms with Crippen molar-refractivity contribution in [1.82, 2.24) is 4.90 Å². The van der Waals surface area contributed by atoms with Crippen LogP contribution in [0.3, 0.4) is 0 Å². The molecule has 0 radical (unpaired) electrons. The molecule has 25 heavy (non-hydrogen) atoms. The highest BCUT2D eigenvalue weighted by atomic mass is 32.1. The number of aromatic carboxylic acids is 1. The molecule has 2 aromatic rings. The summed E-state index contributed by atoms with van der Waals surface area (Å²) in [5.41, 5.74) is 2.37. The quantitative estimate of drug-likeness (QED) is 0.906. The summed E-state index contributed by atoms with van der Waals surface area (Å²) in [6.45, 7) is 1.24. The zero-order valence-corrected chi connectivity index (χ0v) is 14.8. The predicted octanol–water partition coefficient (Wildman–Crippen LogP) is 3.84. The largest absolute Gasteiger partial charge is 0.477 e. The summed E-state index contributed by atoms with van der Waals surface area (Å²) in [5, 5.41) is 9.16. The van der Waals surface area contributed by atoms with E-state index in [-0.39, 0.29) is 11.3 Å². The highest BCUT2D eigenvalue weighted by Gasteiger charge is 2.41. The fourth-order valence-electron chi connectivity index (χ4n) is 4.00. The van der Waals surface area contributed by atoms with Gasteiger partial charge < -0.3 is 10.0 Å². The van der Waals surface area contributed by atoms with E-state index in [1.165, 1.54) is 23.3 Å². The molecule has 0 spiro atoms. The van der Waals surface area contributed by atoms with Gasteiger partial charge in [-0.2, -0.15) is 0 Å². The molecule has 1 amide bonds. The predicted molar refractivity (Wildman–Crippen MR) is 97.0 cm³/mol. The van der Waals surface area contributed by atoms with Crippen LogP contribution in [0, 0.1) is 0 Å². The third-order valence-electron chi connectivity index (χ3n) is 5.63. The maximum atomic E-state index is 12.9. The molecule has 1 aliphatic heterocycles. The topological polar surface area (TPSA) is 57.6 Å². The number of carbonyl (C=O) groups excluding carboxylic acids is 1. The summed E-state index contributed by atoms with van der Waals surface area (Å²) in [6, 6.07) is 12.2. The van der Waals surface area contributed by atoms with Gasteiger partial charge in [0.05, 0.1) is 6.54 Å². The van der Waals surface area contributed by atoms with Crippen LogP contribution in [0.2, 0.25) is 0 Å². The monoisotopic (exact) mass is 355 g/mol.